The first-order chi connectivity index (χ1) is 14.3. The number of carbonyl (C=O) groups excluding carboxylic acids is 1. The second kappa shape index (κ2) is 10.6. The topological polar surface area (TPSA) is 48.0 Å². The molecule has 3 atom stereocenters. The van der Waals surface area contributed by atoms with Gasteiger partial charge in [-0.15, -0.1) is 0 Å². The standard InChI is InChI=1S/C26H51NO4Si/c1-14-26(10,11)29-18-22-20(15-16-30-32(12,13)25(7,8)9)21(19(2)3)17-27(22)23(28)31-24(4,5)6/h20-22H,2,14-18H2,1,3-13H3/t20-,21+,22+/m0/s1. The molecule has 6 heteroatoms. The fourth-order valence-corrected chi connectivity index (χ4v) is 4.78. The van der Waals surface area contributed by atoms with E-state index >= 15 is 0 Å². The maximum Gasteiger partial charge on any atom is 0.410 e. The number of ether oxygens (including phenoxy) is 2. The molecule has 32 heavy (non-hydrogen) atoms. The summed E-state index contributed by atoms with van der Waals surface area (Å²) in [6, 6.07) is -0.0552. The number of likely N-dealkylation sites (tertiary alicyclic amines) is 1. The van der Waals surface area contributed by atoms with E-state index in [4.69, 9.17) is 13.9 Å². The summed E-state index contributed by atoms with van der Waals surface area (Å²) in [6.45, 7) is 31.6. The SMILES string of the molecule is C=C(C)[C@H]1CN(C(=O)OC(C)(C)C)[C@H](COC(C)(C)CC)[C@H]1CCO[Si](C)(C)C(C)(C)C. The number of amides is 1. The summed E-state index contributed by atoms with van der Waals surface area (Å²) >= 11 is 0. The third kappa shape index (κ3) is 8.18. The van der Waals surface area contributed by atoms with E-state index in [1.807, 2.05) is 25.7 Å². The van der Waals surface area contributed by atoms with Gasteiger partial charge in [0.25, 0.3) is 0 Å². The molecular formula is C26H51NO4Si. The molecule has 1 aliphatic rings. The van der Waals surface area contributed by atoms with Gasteiger partial charge in [0, 0.05) is 19.1 Å². The van der Waals surface area contributed by atoms with Gasteiger partial charge in [-0.1, -0.05) is 39.8 Å². The highest BCUT2D eigenvalue weighted by Gasteiger charge is 2.46. The Morgan fingerprint density at radius 2 is 1.66 bits per heavy atom. The second-order valence-corrected chi connectivity index (χ2v) is 17.4. The minimum absolute atomic E-state index is 0.0552. The quantitative estimate of drug-likeness (QED) is 0.268. The molecule has 5 nitrogen and oxygen atoms in total. The highest BCUT2D eigenvalue weighted by molar-refractivity contribution is 6.74. The molecule has 1 amide bonds. The zero-order chi connectivity index (χ0) is 25.1. The Bertz CT molecular complexity index is 645. The molecule has 0 N–H and O–H groups in total. The van der Waals surface area contributed by atoms with E-state index in [2.05, 4.69) is 68.1 Å². The van der Waals surface area contributed by atoms with Crippen molar-refractivity contribution in [1.82, 2.24) is 4.90 Å². The van der Waals surface area contributed by atoms with Gasteiger partial charge in [-0.25, -0.2) is 4.79 Å². The summed E-state index contributed by atoms with van der Waals surface area (Å²) in [4.78, 5) is 15.0. The molecule has 1 fully saturated rings. The van der Waals surface area contributed by atoms with Gasteiger partial charge in [0.15, 0.2) is 8.32 Å². The minimum Gasteiger partial charge on any atom is -0.444 e. The van der Waals surface area contributed by atoms with Gasteiger partial charge < -0.3 is 18.8 Å². The van der Waals surface area contributed by atoms with Crippen LogP contribution in [0.5, 0.6) is 0 Å². The maximum atomic E-state index is 13.1. The Labute approximate surface area is 199 Å². The summed E-state index contributed by atoms with van der Waals surface area (Å²) < 4.78 is 18.6. The van der Waals surface area contributed by atoms with Gasteiger partial charge in [0.2, 0.25) is 0 Å². The summed E-state index contributed by atoms with van der Waals surface area (Å²) in [5, 5.41) is 0.173. The fourth-order valence-electron chi connectivity index (χ4n) is 3.72. The van der Waals surface area contributed by atoms with E-state index in [0.29, 0.717) is 19.8 Å². The highest BCUT2D eigenvalue weighted by Crippen LogP contribution is 2.40. The Hall–Kier alpha value is -0.853. The Balaban J connectivity index is 3.12. The molecule has 0 bridgehead atoms. The van der Waals surface area contributed by atoms with Crippen LogP contribution in [0.4, 0.5) is 4.79 Å². The van der Waals surface area contributed by atoms with Crippen molar-refractivity contribution in [3.8, 4) is 0 Å². The lowest BCUT2D eigenvalue weighted by atomic mass is 9.84. The van der Waals surface area contributed by atoms with Crippen molar-refractivity contribution in [2.45, 2.75) is 117 Å². The van der Waals surface area contributed by atoms with E-state index in [-0.39, 0.29) is 34.6 Å². The van der Waals surface area contributed by atoms with E-state index in [1.54, 1.807) is 0 Å². The van der Waals surface area contributed by atoms with E-state index in [1.165, 1.54) is 0 Å². The number of nitrogens with zero attached hydrogens (tertiary/aromatic N) is 1. The summed E-state index contributed by atoms with van der Waals surface area (Å²) in [6.07, 6.45) is 1.53. The van der Waals surface area contributed by atoms with E-state index in [9.17, 15) is 4.79 Å². The predicted octanol–water partition coefficient (Wildman–Crippen LogP) is 7.03. The van der Waals surface area contributed by atoms with Crippen LogP contribution in [0.1, 0.15) is 82.1 Å². The van der Waals surface area contributed by atoms with Crippen LogP contribution in [0.3, 0.4) is 0 Å². The number of rotatable bonds is 9. The third-order valence-corrected chi connectivity index (χ3v) is 11.8. The molecule has 188 valence electrons. The number of hydrogen-bond donors (Lipinski definition) is 0. The van der Waals surface area contributed by atoms with Crippen molar-refractivity contribution in [2.24, 2.45) is 11.8 Å². The lowest BCUT2D eigenvalue weighted by Gasteiger charge is -2.37. The lowest BCUT2D eigenvalue weighted by Crippen LogP contribution is -2.45. The van der Waals surface area contributed by atoms with Gasteiger partial charge in [-0.3, -0.25) is 0 Å². The Morgan fingerprint density at radius 3 is 2.09 bits per heavy atom. The molecule has 0 unspecified atom stereocenters. The zero-order valence-electron chi connectivity index (χ0n) is 23.1. The Morgan fingerprint density at radius 1 is 1.09 bits per heavy atom. The van der Waals surface area contributed by atoms with Gasteiger partial charge in [-0.2, -0.15) is 0 Å². The van der Waals surface area contributed by atoms with Crippen molar-refractivity contribution >= 4 is 14.4 Å². The summed E-state index contributed by atoms with van der Waals surface area (Å²) in [7, 11) is -1.83. The van der Waals surface area contributed by atoms with Crippen LogP contribution < -0.4 is 0 Å². The molecular weight excluding hydrogens is 418 g/mol. The van der Waals surface area contributed by atoms with E-state index < -0.39 is 13.9 Å². The number of hydrogen-bond acceptors (Lipinski definition) is 4. The molecule has 0 radical (unpaired) electrons. The highest BCUT2D eigenvalue weighted by atomic mass is 28.4. The first-order valence-corrected chi connectivity index (χ1v) is 15.1. The minimum atomic E-state index is -1.83. The molecule has 0 saturated carbocycles. The fraction of sp³-hybridized carbons (Fsp3) is 0.885. The summed E-state index contributed by atoms with van der Waals surface area (Å²) in [5.74, 6) is 0.446. The van der Waals surface area contributed by atoms with Crippen molar-refractivity contribution in [2.75, 3.05) is 19.8 Å². The average Bonchev–Trinajstić information content (AvgIpc) is 2.96. The first-order valence-electron chi connectivity index (χ1n) is 12.2. The van der Waals surface area contributed by atoms with Crippen LogP contribution in [-0.2, 0) is 13.9 Å². The third-order valence-electron chi connectivity index (χ3n) is 7.28. The molecule has 0 aromatic heterocycles. The largest absolute Gasteiger partial charge is 0.444 e. The molecule has 1 heterocycles. The van der Waals surface area contributed by atoms with Crippen molar-refractivity contribution < 1.29 is 18.7 Å². The van der Waals surface area contributed by atoms with Gasteiger partial charge in [0.1, 0.15) is 5.60 Å². The summed E-state index contributed by atoms with van der Waals surface area (Å²) in [5.41, 5.74) is 0.337. The normalized spacial score (nSPS) is 22.9. The average molecular weight is 470 g/mol. The smallest absolute Gasteiger partial charge is 0.410 e. The van der Waals surface area contributed by atoms with Crippen molar-refractivity contribution in [3.63, 3.8) is 0 Å². The van der Waals surface area contributed by atoms with Crippen LogP contribution in [0.25, 0.3) is 0 Å². The molecule has 1 saturated heterocycles. The molecule has 1 aliphatic heterocycles. The van der Waals surface area contributed by atoms with Crippen LogP contribution >= 0.6 is 0 Å². The molecule has 1 rings (SSSR count). The molecule has 0 spiro atoms. The van der Waals surface area contributed by atoms with E-state index in [0.717, 1.165) is 18.4 Å². The Kier molecular flexibility index (Phi) is 9.67. The van der Waals surface area contributed by atoms with Crippen LogP contribution in [0.2, 0.25) is 18.1 Å². The number of carbonyl (C=O) groups is 1. The van der Waals surface area contributed by atoms with Crippen LogP contribution in [0, 0.1) is 11.8 Å². The monoisotopic (exact) mass is 469 g/mol. The maximum absolute atomic E-state index is 13.1. The van der Waals surface area contributed by atoms with Gasteiger partial charge >= 0.3 is 6.09 Å². The van der Waals surface area contributed by atoms with Crippen molar-refractivity contribution in [1.29, 1.82) is 0 Å². The van der Waals surface area contributed by atoms with Crippen LogP contribution in [0.15, 0.2) is 12.2 Å². The predicted molar refractivity (Wildman–Crippen MR) is 137 cm³/mol. The van der Waals surface area contributed by atoms with Crippen molar-refractivity contribution in [3.05, 3.63) is 12.2 Å². The van der Waals surface area contributed by atoms with Gasteiger partial charge in [0.05, 0.1) is 18.2 Å². The molecule has 0 aromatic carbocycles. The lowest BCUT2D eigenvalue weighted by molar-refractivity contribution is -0.0536. The molecule has 0 aromatic rings. The second-order valence-electron chi connectivity index (χ2n) is 12.6. The van der Waals surface area contributed by atoms with Gasteiger partial charge in [-0.05, 0) is 78.4 Å². The molecule has 0 aliphatic carbocycles. The van der Waals surface area contributed by atoms with Crippen LogP contribution in [-0.4, -0.2) is 56.3 Å². The first kappa shape index (κ1) is 29.2. The zero-order valence-corrected chi connectivity index (χ0v) is 24.1.